The first-order chi connectivity index (χ1) is 47.7. The van der Waals surface area contributed by atoms with Crippen LogP contribution in [0.4, 0.5) is 0 Å². The van der Waals surface area contributed by atoms with Gasteiger partial charge in [-0.15, -0.1) is 0 Å². The van der Waals surface area contributed by atoms with E-state index in [9.17, 15) is 43.2 Å². The molecular weight excluding hydrogens is 1280 g/mol. The monoisotopic (exact) mass is 1440 g/mol. The summed E-state index contributed by atoms with van der Waals surface area (Å²) in [5.74, 6) is -2.11. The Morgan fingerprint density at radius 1 is 0.245 bits per heavy atom. The van der Waals surface area contributed by atoms with Crippen LogP contribution < -0.4 is 0 Å². The lowest BCUT2D eigenvalue weighted by molar-refractivity contribution is -0.161. The Morgan fingerprint density at radius 2 is 0.408 bits per heavy atom. The molecule has 0 rings (SSSR count). The predicted molar refractivity (Wildman–Crippen MR) is 400 cm³/mol. The number of hydrogen-bond acceptors (Lipinski definition) is 15. The minimum atomic E-state index is -4.96. The first-order valence-electron chi connectivity index (χ1n) is 41.3. The Morgan fingerprint density at radius 3 is 0.602 bits per heavy atom. The van der Waals surface area contributed by atoms with E-state index in [2.05, 4.69) is 27.7 Å². The molecule has 0 aliphatic rings. The van der Waals surface area contributed by atoms with Crippen LogP contribution in [-0.4, -0.2) is 96.7 Å². The van der Waals surface area contributed by atoms with Gasteiger partial charge in [0.1, 0.15) is 19.3 Å². The third-order valence-electron chi connectivity index (χ3n) is 18.6. The van der Waals surface area contributed by atoms with Gasteiger partial charge in [-0.25, -0.2) is 9.13 Å². The molecule has 2 unspecified atom stereocenters. The van der Waals surface area contributed by atoms with Crippen molar-refractivity contribution >= 4 is 39.5 Å². The van der Waals surface area contributed by atoms with Crippen molar-refractivity contribution in [2.24, 2.45) is 0 Å². The molecule has 0 radical (unpaired) electrons. The molecule has 0 saturated heterocycles. The van der Waals surface area contributed by atoms with Crippen LogP contribution >= 0.6 is 15.6 Å². The van der Waals surface area contributed by atoms with Gasteiger partial charge in [0.15, 0.2) is 12.2 Å². The zero-order valence-electron chi connectivity index (χ0n) is 63.8. The number of unbranched alkanes of at least 4 members (excludes halogenated alkanes) is 54. The molecule has 0 amide bonds. The van der Waals surface area contributed by atoms with Crippen LogP contribution in [0.5, 0.6) is 0 Å². The zero-order valence-corrected chi connectivity index (χ0v) is 65.6. The maximum Gasteiger partial charge on any atom is 0.472 e. The third kappa shape index (κ3) is 72.4. The number of aliphatic hydroxyl groups excluding tert-OH is 1. The second-order valence-electron chi connectivity index (χ2n) is 28.5. The number of aliphatic hydroxyl groups is 1. The number of carbonyl (C=O) groups excluding carboxylic acids is 4. The van der Waals surface area contributed by atoms with Gasteiger partial charge in [0.2, 0.25) is 0 Å². The van der Waals surface area contributed by atoms with E-state index in [0.29, 0.717) is 25.7 Å². The molecule has 0 aliphatic heterocycles. The van der Waals surface area contributed by atoms with E-state index in [0.717, 1.165) is 89.9 Å². The number of ether oxygens (including phenoxy) is 4. The predicted octanol–water partition coefficient (Wildman–Crippen LogP) is 23.8. The lowest BCUT2D eigenvalue weighted by atomic mass is 10.0. The molecule has 0 aliphatic carbocycles. The first kappa shape index (κ1) is 96.1. The molecule has 582 valence electrons. The SMILES string of the molecule is CCCCCCCCCCCCCCCCCCCCCCCCC(=O)O[C@H](COC(=O)CCCCCCCCCCCCCCCC)COP(=O)(O)OC[C@@H](O)COP(=O)(O)OC[C@@H](COC(=O)CCCCCCCCCCCCC)OC(=O)CCCCCCCCCCCCC. The summed E-state index contributed by atoms with van der Waals surface area (Å²) in [6.07, 6.45) is 65.2. The fourth-order valence-corrected chi connectivity index (χ4v) is 13.9. The van der Waals surface area contributed by atoms with E-state index in [1.165, 1.54) is 257 Å². The highest BCUT2D eigenvalue weighted by Gasteiger charge is 2.30. The van der Waals surface area contributed by atoms with Gasteiger partial charge in [0.25, 0.3) is 0 Å². The highest BCUT2D eigenvalue weighted by Crippen LogP contribution is 2.45. The van der Waals surface area contributed by atoms with Crippen LogP contribution in [0.2, 0.25) is 0 Å². The Labute approximate surface area is 600 Å². The standard InChI is InChI=1S/C79H154O17P2/c1-5-9-13-17-21-25-29-31-33-34-35-36-37-38-39-40-42-46-50-54-58-62-66-79(84)96-75(70-90-77(82)64-60-56-52-48-45-41-32-30-26-22-18-14-10-6-2)72-94-98(87,88)92-68-73(80)67-91-97(85,86)93-71-74(95-78(83)65-61-57-53-49-44-28-24-20-16-12-8-4)69-89-76(81)63-59-55-51-47-43-27-23-19-15-11-7-3/h73-75,80H,5-72H2,1-4H3,(H,85,86)(H,87,88)/t73-,74+,75+/m0/s1. The highest BCUT2D eigenvalue weighted by atomic mass is 31.2. The minimum absolute atomic E-state index is 0.108. The molecule has 0 spiro atoms. The first-order valence-corrected chi connectivity index (χ1v) is 44.3. The van der Waals surface area contributed by atoms with Gasteiger partial charge in [-0.3, -0.25) is 37.3 Å². The maximum absolute atomic E-state index is 13.1. The average molecular weight is 1440 g/mol. The van der Waals surface area contributed by atoms with Gasteiger partial charge < -0.3 is 33.8 Å². The van der Waals surface area contributed by atoms with Crippen LogP contribution in [0.15, 0.2) is 0 Å². The minimum Gasteiger partial charge on any atom is -0.462 e. The zero-order chi connectivity index (χ0) is 71.8. The fraction of sp³-hybridized carbons (Fsp3) is 0.949. The Hall–Kier alpha value is -1.94. The van der Waals surface area contributed by atoms with E-state index in [4.69, 9.17) is 37.0 Å². The number of esters is 4. The van der Waals surface area contributed by atoms with Crippen molar-refractivity contribution in [3.63, 3.8) is 0 Å². The van der Waals surface area contributed by atoms with E-state index < -0.39 is 97.5 Å². The summed E-state index contributed by atoms with van der Waals surface area (Å²) in [4.78, 5) is 72.9. The summed E-state index contributed by atoms with van der Waals surface area (Å²) >= 11 is 0. The summed E-state index contributed by atoms with van der Waals surface area (Å²) in [7, 11) is -9.91. The van der Waals surface area contributed by atoms with Crippen molar-refractivity contribution in [3.05, 3.63) is 0 Å². The molecular formula is C79H154O17P2. The molecule has 3 N–H and O–H groups in total. The fourth-order valence-electron chi connectivity index (χ4n) is 12.3. The Balaban J connectivity index is 5.18. The normalized spacial score (nSPS) is 13.8. The number of phosphoric acid groups is 2. The molecule has 0 aromatic carbocycles. The summed E-state index contributed by atoms with van der Waals surface area (Å²) in [6, 6.07) is 0. The van der Waals surface area contributed by atoms with Crippen molar-refractivity contribution in [1.82, 2.24) is 0 Å². The smallest absolute Gasteiger partial charge is 0.462 e. The van der Waals surface area contributed by atoms with Crippen molar-refractivity contribution < 1.29 is 80.2 Å². The van der Waals surface area contributed by atoms with Gasteiger partial charge in [0, 0.05) is 25.7 Å². The van der Waals surface area contributed by atoms with E-state index in [-0.39, 0.29) is 25.7 Å². The van der Waals surface area contributed by atoms with Gasteiger partial charge in [0.05, 0.1) is 26.4 Å². The van der Waals surface area contributed by atoms with E-state index in [1.807, 2.05) is 0 Å². The largest absolute Gasteiger partial charge is 0.472 e. The van der Waals surface area contributed by atoms with Crippen LogP contribution in [-0.2, 0) is 65.4 Å². The summed E-state index contributed by atoms with van der Waals surface area (Å²) in [6.45, 7) is 5.00. The molecule has 17 nitrogen and oxygen atoms in total. The van der Waals surface area contributed by atoms with Gasteiger partial charge in [-0.05, 0) is 25.7 Å². The Kier molecular flexibility index (Phi) is 71.9. The highest BCUT2D eigenvalue weighted by molar-refractivity contribution is 7.47. The van der Waals surface area contributed by atoms with Gasteiger partial charge >= 0.3 is 39.5 Å². The summed E-state index contributed by atoms with van der Waals surface area (Å²) in [5, 5.41) is 10.6. The molecule has 98 heavy (non-hydrogen) atoms. The molecule has 0 saturated carbocycles. The number of hydrogen-bond donors (Lipinski definition) is 3. The van der Waals surface area contributed by atoms with Crippen LogP contribution in [0.3, 0.4) is 0 Å². The molecule has 5 atom stereocenters. The maximum atomic E-state index is 13.1. The number of rotatable bonds is 80. The van der Waals surface area contributed by atoms with E-state index >= 15 is 0 Å². The lowest BCUT2D eigenvalue weighted by Gasteiger charge is -2.21. The molecule has 0 heterocycles. The molecule has 0 bridgehead atoms. The second kappa shape index (κ2) is 73.4. The summed E-state index contributed by atoms with van der Waals surface area (Å²) < 4.78 is 68.6. The van der Waals surface area contributed by atoms with Crippen molar-refractivity contribution in [3.8, 4) is 0 Å². The van der Waals surface area contributed by atoms with Crippen LogP contribution in [0.1, 0.15) is 426 Å². The molecule has 0 aromatic rings. The van der Waals surface area contributed by atoms with Gasteiger partial charge in [-0.2, -0.15) is 0 Å². The average Bonchev–Trinajstić information content (AvgIpc) is 1.08. The molecule has 0 fully saturated rings. The van der Waals surface area contributed by atoms with Crippen LogP contribution in [0.25, 0.3) is 0 Å². The molecule has 19 heteroatoms. The quantitative estimate of drug-likeness (QED) is 0.0222. The second-order valence-corrected chi connectivity index (χ2v) is 31.4. The van der Waals surface area contributed by atoms with Crippen molar-refractivity contribution in [2.45, 2.75) is 444 Å². The molecule has 0 aromatic heterocycles. The Bertz CT molecular complexity index is 1860. The topological polar surface area (TPSA) is 237 Å². The lowest BCUT2D eigenvalue weighted by Crippen LogP contribution is -2.30. The van der Waals surface area contributed by atoms with E-state index in [1.54, 1.807) is 0 Å². The number of carbonyl (C=O) groups is 4. The van der Waals surface area contributed by atoms with Crippen molar-refractivity contribution in [1.29, 1.82) is 0 Å². The third-order valence-corrected chi connectivity index (χ3v) is 20.5. The van der Waals surface area contributed by atoms with Crippen molar-refractivity contribution in [2.75, 3.05) is 39.6 Å². The van der Waals surface area contributed by atoms with Gasteiger partial charge in [-0.1, -0.05) is 374 Å². The number of phosphoric ester groups is 2. The van der Waals surface area contributed by atoms with Crippen LogP contribution in [0, 0.1) is 0 Å². The summed E-state index contributed by atoms with van der Waals surface area (Å²) in [5.41, 5.74) is 0.